The molecule has 1 saturated carbocycles. The number of nitrogens with zero attached hydrogens (tertiary/aromatic N) is 2. The van der Waals surface area contributed by atoms with E-state index in [9.17, 15) is 9.59 Å². The van der Waals surface area contributed by atoms with E-state index in [0.29, 0.717) is 12.6 Å². The number of carbonyl (C=O) groups excluding carboxylic acids is 2. The summed E-state index contributed by atoms with van der Waals surface area (Å²) in [6.07, 6.45) is 6.63. The van der Waals surface area contributed by atoms with Crippen LogP contribution < -0.4 is 4.90 Å². The van der Waals surface area contributed by atoms with Gasteiger partial charge in [0.1, 0.15) is 0 Å². The highest BCUT2D eigenvalue weighted by Crippen LogP contribution is 2.65. The minimum atomic E-state index is -0.187. The van der Waals surface area contributed by atoms with Crippen LogP contribution in [-0.2, 0) is 19.7 Å². The number of para-hydroxylation sites is 1. The highest BCUT2D eigenvalue weighted by atomic mass is 16.5. The van der Waals surface area contributed by atoms with E-state index in [2.05, 4.69) is 34.1 Å². The van der Waals surface area contributed by atoms with E-state index in [4.69, 9.17) is 4.74 Å². The van der Waals surface area contributed by atoms with Gasteiger partial charge in [0, 0.05) is 37.0 Å². The summed E-state index contributed by atoms with van der Waals surface area (Å²) < 4.78 is 5.40. The lowest BCUT2D eigenvalue weighted by atomic mass is 9.52. The van der Waals surface area contributed by atoms with Crippen molar-refractivity contribution in [2.24, 2.45) is 5.41 Å². The van der Waals surface area contributed by atoms with Crippen LogP contribution in [0.25, 0.3) is 0 Å². The van der Waals surface area contributed by atoms with Gasteiger partial charge in [-0.15, -0.1) is 0 Å². The first-order valence-electron chi connectivity index (χ1n) is 10.8. The van der Waals surface area contributed by atoms with E-state index in [1.807, 2.05) is 0 Å². The lowest BCUT2D eigenvalue weighted by Gasteiger charge is -2.58. The summed E-state index contributed by atoms with van der Waals surface area (Å²) in [7, 11) is 0. The number of amides is 1. The zero-order valence-electron chi connectivity index (χ0n) is 16.9. The van der Waals surface area contributed by atoms with Gasteiger partial charge in [0.2, 0.25) is 5.91 Å². The summed E-state index contributed by atoms with van der Waals surface area (Å²) in [6.45, 7) is 5.98. The second-order valence-electron chi connectivity index (χ2n) is 9.25. The van der Waals surface area contributed by atoms with Crippen molar-refractivity contribution in [3.8, 4) is 0 Å². The van der Waals surface area contributed by atoms with Gasteiger partial charge < -0.3 is 9.64 Å². The van der Waals surface area contributed by atoms with Crippen molar-refractivity contribution in [2.45, 2.75) is 69.9 Å². The Morgan fingerprint density at radius 1 is 1.14 bits per heavy atom. The lowest BCUT2D eigenvalue weighted by Crippen LogP contribution is -2.65. The fourth-order valence-corrected chi connectivity index (χ4v) is 7.40. The molecule has 2 saturated heterocycles. The number of esters is 1. The predicted octanol–water partition coefficient (Wildman–Crippen LogP) is 3.26. The molecule has 150 valence electrons. The number of carbonyl (C=O) groups is 2. The molecule has 28 heavy (non-hydrogen) atoms. The second kappa shape index (κ2) is 6.31. The summed E-state index contributed by atoms with van der Waals surface area (Å²) in [5.41, 5.74) is 2.71. The van der Waals surface area contributed by atoms with Crippen LogP contribution in [0.3, 0.4) is 0 Å². The van der Waals surface area contributed by atoms with Gasteiger partial charge in [-0.25, -0.2) is 0 Å². The molecule has 5 heteroatoms. The highest BCUT2D eigenvalue weighted by molar-refractivity contribution is 5.96. The van der Waals surface area contributed by atoms with E-state index in [0.717, 1.165) is 44.5 Å². The largest absolute Gasteiger partial charge is 0.466 e. The summed E-state index contributed by atoms with van der Waals surface area (Å²) in [4.78, 5) is 28.8. The molecule has 3 heterocycles. The first-order chi connectivity index (χ1) is 13.5. The third kappa shape index (κ3) is 2.28. The van der Waals surface area contributed by atoms with Gasteiger partial charge in [0.15, 0.2) is 0 Å². The van der Waals surface area contributed by atoms with Crippen LogP contribution in [0.4, 0.5) is 5.69 Å². The molecule has 1 aliphatic carbocycles. The smallest absolute Gasteiger partial charge is 0.302 e. The molecule has 1 aromatic rings. The Balaban J connectivity index is 1.61. The maximum atomic E-state index is 12.7. The van der Waals surface area contributed by atoms with Crippen molar-refractivity contribution in [3.05, 3.63) is 29.8 Å². The van der Waals surface area contributed by atoms with E-state index < -0.39 is 0 Å². The fraction of sp³-hybridized carbons (Fsp3) is 0.652. The number of piperidine rings is 1. The third-order valence-corrected chi connectivity index (χ3v) is 8.10. The standard InChI is InChI=1S/C23H30N2O3/c1-16(26)25-19-7-4-3-6-18(19)23-11-14-24-13-5-9-22(21(23)24,10-8-20(23)25)12-15-28-17(2)27/h3-4,6-7,20-21H,5,8-15H2,1-2H3/t20-,21-,22-,23-/m1/s1. The Hall–Kier alpha value is -1.88. The maximum absolute atomic E-state index is 12.7. The van der Waals surface area contributed by atoms with Crippen molar-refractivity contribution < 1.29 is 14.3 Å². The molecular formula is C23H30N2O3. The van der Waals surface area contributed by atoms with Gasteiger partial charge >= 0.3 is 5.97 Å². The minimum Gasteiger partial charge on any atom is -0.466 e. The Bertz CT molecular complexity index is 824. The summed E-state index contributed by atoms with van der Waals surface area (Å²) >= 11 is 0. The van der Waals surface area contributed by atoms with Crippen LogP contribution >= 0.6 is 0 Å². The molecule has 1 spiro atoms. The zero-order chi connectivity index (χ0) is 19.5. The predicted molar refractivity (Wildman–Crippen MR) is 107 cm³/mol. The highest BCUT2D eigenvalue weighted by Gasteiger charge is 2.68. The van der Waals surface area contributed by atoms with Crippen molar-refractivity contribution in [3.63, 3.8) is 0 Å². The van der Waals surface area contributed by atoms with Crippen LogP contribution in [0.1, 0.15) is 57.9 Å². The molecule has 1 aromatic carbocycles. The van der Waals surface area contributed by atoms with Crippen LogP contribution in [0.15, 0.2) is 24.3 Å². The normalized spacial score (nSPS) is 35.9. The number of benzene rings is 1. The SMILES string of the molecule is CC(=O)OCC[C@@]12CCCN3CC[C@]4(c5ccccc5N(C(C)=O)[C@@H]4CC1)[C@H]32. The third-order valence-electron chi connectivity index (χ3n) is 8.10. The number of hydrogen-bond acceptors (Lipinski definition) is 4. The van der Waals surface area contributed by atoms with Crippen LogP contribution in [0.5, 0.6) is 0 Å². The van der Waals surface area contributed by atoms with Gasteiger partial charge in [0.25, 0.3) is 0 Å². The number of anilines is 1. The van der Waals surface area contributed by atoms with Gasteiger partial charge in [-0.2, -0.15) is 0 Å². The van der Waals surface area contributed by atoms with Gasteiger partial charge in [-0.05, 0) is 68.7 Å². The summed E-state index contributed by atoms with van der Waals surface area (Å²) in [5.74, 6) is -0.0242. The average Bonchev–Trinajstić information content (AvgIpc) is 3.20. The van der Waals surface area contributed by atoms with E-state index in [-0.39, 0.29) is 28.7 Å². The molecule has 0 bridgehead atoms. The van der Waals surface area contributed by atoms with Crippen molar-refractivity contribution >= 4 is 17.6 Å². The Labute approximate surface area is 167 Å². The first-order valence-corrected chi connectivity index (χ1v) is 10.8. The van der Waals surface area contributed by atoms with Crippen molar-refractivity contribution in [1.82, 2.24) is 4.90 Å². The summed E-state index contributed by atoms with van der Waals surface area (Å²) in [6, 6.07) is 9.30. The van der Waals surface area contributed by atoms with Gasteiger partial charge in [0.05, 0.1) is 6.61 Å². The molecule has 1 amide bonds. The molecule has 0 N–H and O–H groups in total. The van der Waals surface area contributed by atoms with Crippen LogP contribution in [0, 0.1) is 5.41 Å². The molecule has 4 atom stereocenters. The number of rotatable bonds is 3. The number of fused-ring (bicyclic) bond motifs is 1. The molecule has 4 aliphatic rings. The van der Waals surface area contributed by atoms with Crippen LogP contribution in [0.2, 0.25) is 0 Å². The number of ether oxygens (including phenoxy) is 1. The molecule has 3 fully saturated rings. The first kappa shape index (κ1) is 18.2. The quantitative estimate of drug-likeness (QED) is 0.753. The minimum absolute atomic E-state index is 0.0250. The molecule has 0 unspecified atom stereocenters. The van der Waals surface area contributed by atoms with Crippen molar-refractivity contribution in [2.75, 3.05) is 24.6 Å². The molecule has 0 aromatic heterocycles. The Kier molecular flexibility index (Phi) is 4.10. The van der Waals surface area contributed by atoms with Gasteiger partial charge in [-0.1, -0.05) is 18.2 Å². The Morgan fingerprint density at radius 3 is 2.75 bits per heavy atom. The van der Waals surface area contributed by atoms with E-state index >= 15 is 0 Å². The maximum Gasteiger partial charge on any atom is 0.302 e. The number of hydrogen-bond donors (Lipinski definition) is 0. The Morgan fingerprint density at radius 2 is 1.96 bits per heavy atom. The average molecular weight is 383 g/mol. The van der Waals surface area contributed by atoms with Crippen LogP contribution in [-0.4, -0.2) is 48.6 Å². The lowest BCUT2D eigenvalue weighted by molar-refractivity contribution is -0.143. The topological polar surface area (TPSA) is 49.9 Å². The van der Waals surface area contributed by atoms with Gasteiger partial charge in [-0.3, -0.25) is 14.5 Å². The van der Waals surface area contributed by atoms with E-state index in [1.54, 1.807) is 6.92 Å². The fourth-order valence-electron chi connectivity index (χ4n) is 7.40. The zero-order valence-corrected chi connectivity index (χ0v) is 16.9. The molecule has 3 aliphatic heterocycles. The van der Waals surface area contributed by atoms with E-state index in [1.165, 1.54) is 25.3 Å². The van der Waals surface area contributed by atoms with Crippen molar-refractivity contribution in [1.29, 1.82) is 0 Å². The molecule has 0 radical (unpaired) electrons. The molecular weight excluding hydrogens is 352 g/mol. The molecule has 5 nitrogen and oxygen atoms in total. The summed E-state index contributed by atoms with van der Waals surface area (Å²) in [5, 5.41) is 0. The second-order valence-corrected chi connectivity index (χ2v) is 9.25. The molecule has 5 rings (SSSR count). The monoisotopic (exact) mass is 382 g/mol.